The predicted octanol–water partition coefficient (Wildman–Crippen LogP) is 4.61. The first-order valence-electron chi connectivity index (χ1n) is 10.8. The molecule has 8 heteroatoms. The van der Waals surface area contributed by atoms with Gasteiger partial charge in [-0.3, -0.25) is 14.9 Å². The van der Waals surface area contributed by atoms with Gasteiger partial charge in [0.25, 0.3) is 5.69 Å². The second-order valence-corrected chi connectivity index (χ2v) is 7.90. The Kier molecular flexibility index (Phi) is 6.69. The summed E-state index contributed by atoms with van der Waals surface area (Å²) >= 11 is 0. The summed E-state index contributed by atoms with van der Waals surface area (Å²) in [5.41, 5.74) is 3.10. The van der Waals surface area contributed by atoms with E-state index in [1.165, 1.54) is 37.8 Å². The highest BCUT2D eigenvalue weighted by Crippen LogP contribution is 2.22. The molecule has 0 saturated carbocycles. The Hall–Kier alpha value is -3.81. The van der Waals surface area contributed by atoms with Crippen LogP contribution in [0.1, 0.15) is 31.2 Å². The van der Waals surface area contributed by atoms with Gasteiger partial charge in [-0.25, -0.2) is 0 Å². The predicted molar refractivity (Wildman–Crippen MR) is 124 cm³/mol. The molecule has 0 atom stereocenters. The molecule has 2 aromatic carbocycles. The number of amides is 1. The zero-order valence-corrected chi connectivity index (χ0v) is 17.7. The van der Waals surface area contributed by atoms with Gasteiger partial charge in [-0.1, -0.05) is 37.1 Å². The second kappa shape index (κ2) is 10.00. The molecule has 1 saturated heterocycles. The van der Waals surface area contributed by atoms with Crippen LogP contribution in [-0.2, 0) is 11.2 Å². The van der Waals surface area contributed by atoms with E-state index in [-0.39, 0.29) is 18.0 Å². The molecule has 0 unspecified atom stereocenters. The summed E-state index contributed by atoms with van der Waals surface area (Å²) in [4.78, 5) is 24.9. The second-order valence-electron chi connectivity index (χ2n) is 7.90. The van der Waals surface area contributed by atoms with Gasteiger partial charge in [-0.2, -0.15) is 0 Å². The Labute approximate surface area is 186 Å². The lowest BCUT2D eigenvalue weighted by Gasteiger charge is -2.20. The highest BCUT2D eigenvalue weighted by molar-refractivity contribution is 5.92. The Morgan fingerprint density at radius 1 is 0.906 bits per heavy atom. The average molecular weight is 431 g/mol. The highest BCUT2D eigenvalue weighted by Gasteiger charge is 2.12. The summed E-state index contributed by atoms with van der Waals surface area (Å²) in [6.45, 7) is 2.06. The minimum atomic E-state index is -0.460. The lowest BCUT2D eigenvalue weighted by molar-refractivity contribution is -0.384. The van der Waals surface area contributed by atoms with Crippen LogP contribution in [0.3, 0.4) is 0 Å². The maximum Gasteiger partial charge on any atom is 0.269 e. The van der Waals surface area contributed by atoms with Crippen LogP contribution in [0.4, 0.5) is 17.2 Å². The number of non-ortho nitro benzene ring substituents is 1. The van der Waals surface area contributed by atoms with Gasteiger partial charge >= 0.3 is 0 Å². The van der Waals surface area contributed by atoms with Crippen LogP contribution < -0.4 is 10.2 Å². The largest absolute Gasteiger partial charge is 0.355 e. The maximum atomic E-state index is 12.3. The number of nitrogens with zero attached hydrogens (tertiary/aromatic N) is 4. The van der Waals surface area contributed by atoms with E-state index in [9.17, 15) is 14.9 Å². The monoisotopic (exact) mass is 431 g/mol. The highest BCUT2D eigenvalue weighted by atomic mass is 16.6. The van der Waals surface area contributed by atoms with E-state index in [1.807, 2.05) is 36.4 Å². The van der Waals surface area contributed by atoms with Crippen LogP contribution in [0, 0.1) is 10.1 Å². The molecule has 3 aromatic rings. The van der Waals surface area contributed by atoms with Crippen molar-refractivity contribution in [3.63, 3.8) is 0 Å². The zero-order valence-electron chi connectivity index (χ0n) is 17.7. The lowest BCUT2D eigenvalue weighted by atomic mass is 10.1. The van der Waals surface area contributed by atoms with Crippen LogP contribution in [0.5, 0.6) is 0 Å². The summed E-state index contributed by atoms with van der Waals surface area (Å²) in [7, 11) is 0. The van der Waals surface area contributed by atoms with Gasteiger partial charge in [0.1, 0.15) is 0 Å². The third-order valence-electron chi connectivity index (χ3n) is 5.56. The van der Waals surface area contributed by atoms with E-state index in [2.05, 4.69) is 20.4 Å². The van der Waals surface area contributed by atoms with E-state index in [4.69, 9.17) is 0 Å². The number of carbonyl (C=O) groups is 1. The van der Waals surface area contributed by atoms with Crippen molar-refractivity contribution in [2.45, 2.75) is 32.1 Å². The average Bonchev–Trinajstić information content (AvgIpc) is 3.10. The molecule has 0 bridgehead atoms. The van der Waals surface area contributed by atoms with Gasteiger partial charge in [-0.05, 0) is 42.7 Å². The molecule has 2 heterocycles. The fraction of sp³-hybridized carbons (Fsp3) is 0.292. The van der Waals surface area contributed by atoms with Gasteiger partial charge in [0.2, 0.25) is 5.91 Å². The van der Waals surface area contributed by atoms with Gasteiger partial charge in [-0.15, -0.1) is 10.2 Å². The number of anilines is 2. The van der Waals surface area contributed by atoms with Crippen molar-refractivity contribution in [1.29, 1.82) is 0 Å². The van der Waals surface area contributed by atoms with Gasteiger partial charge in [0.15, 0.2) is 5.82 Å². The quantitative estimate of drug-likeness (QED) is 0.452. The normalized spacial score (nSPS) is 13.9. The molecule has 1 aliphatic rings. The first kappa shape index (κ1) is 21.4. The topological polar surface area (TPSA) is 101 Å². The fourth-order valence-electron chi connectivity index (χ4n) is 3.80. The van der Waals surface area contributed by atoms with Crippen molar-refractivity contribution < 1.29 is 9.72 Å². The van der Waals surface area contributed by atoms with Crippen molar-refractivity contribution in [2.24, 2.45) is 0 Å². The van der Waals surface area contributed by atoms with Crippen LogP contribution in [-0.4, -0.2) is 34.1 Å². The Morgan fingerprint density at radius 2 is 1.59 bits per heavy atom. The third kappa shape index (κ3) is 5.46. The molecule has 1 amide bonds. The number of rotatable bonds is 6. The number of nitrogens with one attached hydrogen (secondary N) is 1. The minimum absolute atomic E-state index is 0.00676. The number of nitro benzene ring substituents is 1. The van der Waals surface area contributed by atoms with E-state index >= 15 is 0 Å². The SMILES string of the molecule is O=C(Cc1ccc([N+](=O)[O-])cc1)Nc1ccc(-c2ccc(N3CCCCCC3)nn2)cc1. The van der Waals surface area contributed by atoms with Crippen molar-refractivity contribution in [3.8, 4) is 11.3 Å². The summed E-state index contributed by atoms with van der Waals surface area (Å²) in [6, 6.07) is 17.4. The molecule has 32 heavy (non-hydrogen) atoms. The van der Waals surface area contributed by atoms with Crippen molar-refractivity contribution in [2.75, 3.05) is 23.3 Å². The van der Waals surface area contributed by atoms with Crippen LogP contribution in [0.25, 0.3) is 11.3 Å². The molecule has 1 N–H and O–H groups in total. The standard InChI is InChI=1S/C24H25N5O3/c30-24(17-18-5-11-21(12-6-18)29(31)32)25-20-9-7-19(8-10-20)22-13-14-23(27-26-22)28-15-3-1-2-4-16-28/h5-14H,1-4,15-17H2,(H,25,30). The first-order valence-corrected chi connectivity index (χ1v) is 10.8. The van der Waals surface area contributed by atoms with Crippen molar-refractivity contribution in [3.05, 3.63) is 76.3 Å². The molecule has 0 aliphatic carbocycles. The summed E-state index contributed by atoms with van der Waals surface area (Å²) in [5, 5.41) is 22.4. The third-order valence-corrected chi connectivity index (χ3v) is 5.56. The Bertz CT molecular complexity index is 1060. The van der Waals surface area contributed by atoms with E-state index in [1.54, 1.807) is 12.1 Å². The summed E-state index contributed by atoms with van der Waals surface area (Å²) in [5.74, 6) is 0.735. The fourth-order valence-corrected chi connectivity index (χ4v) is 3.80. The summed E-state index contributed by atoms with van der Waals surface area (Å²) < 4.78 is 0. The van der Waals surface area contributed by atoms with E-state index < -0.39 is 4.92 Å². The Morgan fingerprint density at radius 3 is 2.19 bits per heavy atom. The van der Waals surface area contributed by atoms with Gasteiger partial charge < -0.3 is 10.2 Å². The number of carbonyl (C=O) groups excluding carboxylic acids is 1. The molecule has 1 fully saturated rings. The number of hydrogen-bond donors (Lipinski definition) is 1. The number of hydrogen-bond acceptors (Lipinski definition) is 6. The maximum absolute atomic E-state index is 12.3. The molecular formula is C24H25N5O3. The zero-order chi connectivity index (χ0) is 22.3. The Balaban J connectivity index is 1.35. The number of aromatic nitrogens is 2. The van der Waals surface area contributed by atoms with Gasteiger partial charge in [0, 0.05) is 36.5 Å². The smallest absolute Gasteiger partial charge is 0.269 e. The molecule has 4 rings (SSSR count). The van der Waals surface area contributed by atoms with Crippen LogP contribution in [0.15, 0.2) is 60.7 Å². The molecule has 8 nitrogen and oxygen atoms in total. The van der Waals surface area contributed by atoms with Crippen molar-refractivity contribution in [1.82, 2.24) is 10.2 Å². The van der Waals surface area contributed by atoms with E-state index in [0.717, 1.165) is 30.2 Å². The number of nitro groups is 1. The number of benzene rings is 2. The minimum Gasteiger partial charge on any atom is -0.355 e. The van der Waals surface area contributed by atoms with Crippen LogP contribution >= 0.6 is 0 Å². The van der Waals surface area contributed by atoms with Crippen molar-refractivity contribution >= 4 is 23.1 Å². The molecule has 1 aliphatic heterocycles. The molecule has 164 valence electrons. The van der Waals surface area contributed by atoms with Gasteiger partial charge in [0.05, 0.1) is 17.0 Å². The van der Waals surface area contributed by atoms with Crippen LogP contribution in [0.2, 0.25) is 0 Å². The van der Waals surface area contributed by atoms with E-state index in [0.29, 0.717) is 11.3 Å². The molecule has 0 spiro atoms. The lowest BCUT2D eigenvalue weighted by Crippen LogP contribution is -2.25. The first-order chi connectivity index (χ1) is 15.6. The molecule has 1 aromatic heterocycles. The summed E-state index contributed by atoms with van der Waals surface area (Å²) in [6.07, 6.45) is 5.09. The molecular weight excluding hydrogens is 406 g/mol. The molecule has 0 radical (unpaired) electrons.